The Kier molecular flexibility index (Phi) is 3.83. The molecule has 0 radical (unpaired) electrons. The van der Waals surface area contributed by atoms with Gasteiger partial charge in [-0.1, -0.05) is 25.0 Å². The highest BCUT2D eigenvalue weighted by atomic mass is 16.5. The van der Waals surface area contributed by atoms with Crippen molar-refractivity contribution in [2.24, 2.45) is 11.7 Å². The molecule has 88 valence electrons. The Morgan fingerprint density at radius 1 is 1.19 bits per heavy atom. The number of hydrogen-bond donors (Lipinski definition) is 1. The number of hydrogen-bond acceptors (Lipinski definition) is 2. The van der Waals surface area contributed by atoms with Gasteiger partial charge in [-0.3, -0.25) is 0 Å². The molecule has 0 saturated heterocycles. The molecule has 2 unspecified atom stereocenters. The van der Waals surface area contributed by atoms with Crippen molar-refractivity contribution in [1.82, 2.24) is 0 Å². The number of rotatable bonds is 3. The predicted octanol–water partition coefficient (Wildman–Crippen LogP) is 2.93. The van der Waals surface area contributed by atoms with Crippen LogP contribution in [0.2, 0.25) is 0 Å². The summed E-state index contributed by atoms with van der Waals surface area (Å²) in [5.74, 6) is 2.26. The Bertz CT molecular complexity index is 320. The van der Waals surface area contributed by atoms with Crippen molar-refractivity contribution in [3.05, 3.63) is 29.8 Å². The van der Waals surface area contributed by atoms with Crippen LogP contribution < -0.4 is 10.5 Å². The average molecular weight is 219 g/mol. The van der Waals surface area contributed by atoms with E-state index in [0.717, 1.165) is 12.3 Å². The minimum absolute atomic E-state index is 0.657. The van der Waals surface area contributed by atoms with Gasteiger partial charge in [0.1, 0.15) is 5.75 Å². The van der Waals surface area contributed by atoms with E-state index in [-0.39, 0.29) is 0 Å². The van der Waals surface area contributed by atoms with E-state index in [2.05, 4.69) is 24.3 Å². The number of nitrogens with two attached hydrogens (primary N) is 1. The van der Waals surface area contributed by atoms with Crippen molar-refractivity contribution in [3.63, 3.8) is 0 Å². The van der Waals surface area contributed by atoms with Crippen molar-refractivity contribution < 1.29 is 4.74 Å². The van der Waals surface area contributed by atoms with Crippen LogP contribution in [-0.2, 0) is 0 Å². The Labute approximate surface area is 97.8 Å². The minimum atomic E-state index is 0.657. The first-order valence-corrected chi connectivity index (χ1v) is 6.19. The van der Waals surface area contributed by atoms with Crippen molar-refractivity contribution in [2.45, 2.75) is 31.6 Å². The molecule has 0 bridgehead atoms. The zero-order valence-electron chi connectivity index (χ0n) is 9.99. The topological polar surface area (TPSA) is 35.2 Å². The molecule has 1 fully saturated rings. The molecule has 2 atom stereocenters. The van der Waals surface area contributed by atoms with E-state index in [4.69, 9.17) is 10.5 Å². The molecule has 1 aromatic carbocycles. The number of ether oxygens (including phenoxy) is 1. The molecule has 2 heteroatoms. The van der Waals surface area contributed by atoms with Gasteiger partial charge >= 0.3 is 0 Å². The highest BCUT2D eigenvalue weighted by Crippen LogP contribution is 2.37. The second-order valence-corrected chi connectivity index (χ2v) is 4.66. The van der Waals surface area contributed by atoms with Crippen LogP contribution in [0, 0.1) is 5.92 Å². The van der Waals surface area contributed by atoms with Crippen molar-refractivity contribution in [3.8, 4) is 5.75 Å². The molecule has 0 aliphatic heterocycles. The van der Waals surface area contributed by atoms with Crippen LogP contribution in [0.15, 0.2) is 24.3 Å². The van der Waals surface area contributed by atoms with E-state index in [9.17, 15) is 0 Å². The fourth-order valence-electron chi connectivity index (χ4n) is 2.78. The SMILES string of the molecule is COc1ccc(C2CCCCC2CN)cc1. The summed E-state index contributed by atoms with van der Waals surface area (Å²) in [5.41, 5.74) is 7.29. The maximum atomic E-state index is 5.86. The van der Waals surface area contributed by atoms with E-state index < -0.39 is 0 Å². The van der Waals surface area contributed by atoms with Crippen LogP contribution in [0.1, 0.15) is 37.2 Å². The zero-order chi connectivity index (χ0) is 11.4. The Hall–Kier alpha value is -1.02. The molecule has 2 nitrogen and oxygen atoms in total. The summed E-state index contributed by atoms with van der Waals surface area (Å²) in [5, 5.41) is 0. The first-order valence-electron chi connectivity index (χ1n) is 6.19. The monoisotopic (exact) mass is 219 g/mol. The van der Waals surface area contributed by atoms with E-state index >= 15 is 0 Å². The Morgan fingerprint density at radius 2 is 1.88 bits per heavy atom. The first-order chi connectivity index (χ1) is 7.85. The van der Waals surface area contributed by atoms with E-state index in [0.29, 0.717) is 11.8 Å². The third kappa shape index (κ3) is 2.38. The summed E-state index contributed by atoms with van der Waals surface area (Å²) in [7, 11) is 1.71. The second-order valence-electron chi connectivity index (χ2n) is 4.66. The third-order valence-corrected chi connectivity index (χ3v) is 3.76. The molecule has 0 aromatic heterocycles. The largest absolute Gasteiger partial charge is 0.497 e. The molecular weight excluding hydrogens is 198 g/mol. The number of methoxy groups -OCH3 is 1. The molecule has 16 heavy (non-hydrogen) atoms. The van der Waals surface area contributed by atoms with Gasteiger partial charge in [0.25, 0.3) is 0 Å². The van der Waals surface area contributed by atoms with Gasteiger partial charge in [-0.2, -0.15) is 0 Å². The van der Waals surface area contributed by atoms with Crippen molar-refractivity contribution >= 4 is 0 Å². The normalized spacial score (nSPS) is 25.4. The maximum absolute atomic E-state index is 5.86. The van der Waals surface area contributed by atoms with E-state index in [1.165, 1.54) is 31.2 Å². The molecule has 1 aliphatic rings. The lowest BCUT2D eigenvalue weighted by Crippen LogP contribution is -2.25. The summed E-state index contributed by atoms with van der Waals surface area (Å²) < 4.78 is 5.18. The van der Waals surface area contributed by atoms with Crippen LogP contribution in [0.25, 0.3) is 0 Å². The predicted molar refractivity (Wildman–Crippen MR) is 66.7 cm³/mol. The van der Waals surface area contributed by atoms with Gasteiger partial charge in [0.2, 0.25) is 0 Å². The first kappa shape index (κ1) is 11.5. The average Bonchev–Trinajstić information content (AvgIpc) is 2.39. The fourth-order valence-corrected chi connectivity index (χ4v) is 2.78. The number of benzene rings is 1. The van der Waals surface area contributed by atoms with Gasteiger partial charge < -0.3 is 10.5 Å². The molecule has 2 rings (SSSR count). The molecule has 0 spiro atoms. The molecule has 1 saturated carbocycles. The van der Waals surface area contributed by atoms with Gasteiger partial charge in [0.05, 0.1) is 7.11 Å². The molecule has 2 N–H and O–H groups in total. The lowest BCUT2D eigenvalue weighted by Gasteiger charge is -2.31. The van der Waals surface area contributed by atoms with Crippen molar-refractivity contribution in [1.29, 1.82) is 0 Å². The van der Waals surface area contributed by atoms with Gasteiger partial charge in [-0.05, 0) is 48.9 Å². The summed E-state index contributed by atoms with van der Waals surface area (Å²) in [6.45, 7) is 0.816. The van der Waals surface area contributed by atoms with Crippen LogP contribution in [0.4, 0.5) is 0 Å². The van der Waals surface area contributed by atoms with Crippen LogP contribution >= 0.6 is 0 Å². The smallest absolute Gasteiger partial charge is 0.118 e. The minimum Gasteiger partial charge on any atom is -0.497 e. The summed E-state index contributed by atoms with van der Waals surface area (Å²) in [6.07, 6.45) is 5.25. The van der Waals surface area contributed by atoms with Crippen LogP contribution in [-0.4, -0.2) is 13.7 Å². The van der Waals surface area contributed by atoms with E-state index in [1.807, 2.05) is 0 Å². The Balaban J connectivity index is 2.14. The third-order valence-electron chi connectivity index (χ3n) is 3.76. The fraction of sp³-hybridized carbons (Fsp3) is 0.571. The van der Waals surface area contributed by atoms with Crippen molar-refractivity contribution in [2.75, 3.05) is 13.7 Å². The quantitative estimate of drug-likeness (QED) is 0.848. The molecule has 1 aromatic rings. The standard InChI is InChI=1S/C14H21NO/c1-16-13-8-6-11(7-9-13)14-5-3-2-4-12(14)10-15/h6-9,12,14H,2-5,10,15H2,1H3. The van der Waals surface area contributed by atoms with Crippen LogP contribution in [0.5, 0.6) is 5.75 Å². The van der Waals surface area contributed by atoms with Gasteiger partial charge in [0, 0.05) is 0 Å². The summed E-state index contributed by atoms with van der Waals surface area (Å²) in [4.78, 5) is 0. The highest BCUT2D eigenvalue weighted by molar-refractivity contribution is 5.30. The second kappa shape index (κ2) is 5.35. The lowest BCUT2D eigenvalue weighted by molar-refractivity contribution is 0.314. The maximum Gasteiger partial charge on any atom is 0.118 e. The summed E-state index contributed by atoms with van der Waals surface area (Å²) in [6, 6.07) is 8.49. The highest BCUT2D eigenvalue weighted by Gasteiger charge is 2.25. The van der Waals surface area contributed by atoms with Gasteiger partial charge in [-0.25, -0.2) is 0 Å². The lowest BCUT2D eigenvalue weighted by atomic mass is 9.75. The Morgan fingerprint density at radius 3 is 2.50 bits per heavy atom. The van der Waals surface area contributed by atoms with Gasteiger partial charge in [0.15, 0.2) is 0 Å². The molecule has 1 aliphatic carbocycles. The van der Waals surface area contributed by atoms with Gasteiger partial charge in [-0.15, -0.1) is 0 Å². The van der Waals surface area contributed by atoms with E-state index in [1.54, 1.807) is 7.11 Å². The van der Waals surface area contributed by atoms with Crippen LogP contribution in [0.3, 0.4) is 0 Å². The summed E-state index contributed by atoms with van der Waals surface area (Å²) >= 11 is 0. The molecule has 0 heterocycles. The zero-order valence-corrected chi connectivity index (χ0v) is 9.99. The molecule has 0 amide bonds. The molecular formula is C14H21NO.